The fraction of sp³-hybridized carbons (Fsp3) is 0. The van der Waals surface area contributed by atoms with Crippen molar-refractivity contribution in [2.24, 2.45) is 0 Å². The minimum absolute atomic E-state index is 0.0236. The van der Waals surface area contributed by atoms with Gasteiger partial charge in [0.2, 0.25) is 0 Å². The van der Waals surface area contributed by atoms with Gasteiger partial charge >= 0.3 is 0 Å². The zero-order valence-electron chi connectivity index (χ0n) is 11.0. The summed E-state index contributed by atoms with van der Waals surface area (Å²) in [6, 6.07) is 11.9. The van der Waals surface area contributed by atoms with Crippen molar-refractivity contribution >= 4 is 29.1 Å². The molecule has 0 amide bonds. The molecule has 0 atom stereocenters. The lowest BCUT2D eigenvalue weighted by molar-refractivity contribution is -0.385. The highest BCUT2D eigenvalue weighted by Gasteiger charge is 2.12. The summed E-state index contributed by atoms with van der Waals surface area (Å²) in [4.78, 5) is 12.3. The molecular formula is C13H8ClN5O2S. The molecule has 0 fully saturated rings. The van der Waals surface area contributed by atoms with E-state index in [2.05, 4.69) is 15.5 Å². The molecule has 0 aliphatic rings. The molecule has 0 N–H and O–H groups in total. The highest BCUT2D eigenvalue weighted by Crippen LogP contribution is 2.32. The van der Waals surface area contributed by atoms with E-state index in [1.54, 1.807) is 18.2 Å². The first-order valence-electron chi connectivity index (χ1n) is 6.08. The molecule has 0 radical (unpaired) electrons. The monoisotopic (exact) mass is 333 g/mol. The Morgan fingerprint density at radius 2 is 1.91 bits per heavy atom. The minimum atomic E-state index is -0.445. The van der Waals surface area contributed by atoms with Crippen LogP contribution >= 0.6 is 23.4 Å². The molecule has 0 saturated heterocycles. The molecule has 3 aromatic rings. The van der Waals surface area contributed by atoms with Crippen LogP contribution in [0.4, 0.5) is 5.69 Å². The molecule has 9 heteroatoms. The molecule has 1 heterocycles. The second-order valence-electron chi connectivity index (χ2n) is 4.25. The SMILES string of the molecule is O=[N+]([O-])c1cc(Sc2ccc(Cl)cc2)cc(-n2cnnn2)c1. The van der Waals surface area contributed by atoms with Crippen molar-refractivity contribution in [1.82, 2.24) is 20.2 Å². The van der Waals surface area contributed by atoms with E-state index in [0.29, 0.717) is 15.6 Å². The Morgan fingerprint density at radius 1 is 1.14 bits per heavy atom. The zero-order chi connectivity index (χ0) is 15.5. The van der Waals surface area contributed by atoms with Crippen LogP contribution in [0, 0.1) is 10.1 Å². The summed E-state index contributed by atoms with van der Waals surface area (Å²) >= 11 is 7.24. The molecule has 0 aliphatic carbocycles. The maximum Gasteiger partial charge on any atom is 0.272 e. The lowest BCUT2D eigenvalue weighted by atomic mass is 10.3. The first-order valence-corrected chi connectivity index (χ1v) is 7.27. The van der Waals surface area contributed by atoms with E-state index in [-0.39, 0.29) is 5.69 Å². The topological polar surface area (TPSA) is 86.7 Å². The van der Waals surface area contributed by atoms with E-state index in [0.717, 1.165) is 4.90 Å². The first-order chi connectivity index (χ1) is 10.6. The summed E-state index contributed by atoms with van der Waals surface area (Å²) in [5.41, 5.74) is 0.500. The number of nitro groups is 1. The fourth-order valence-corrected chi connectivity index (χ4v) is 2.81. The maximum absolute atomic E-state index is 11.1. The standard InChI is InChI=1S/C13H8ClN5O2S/c14-9-1-3-12(4-2-9)22-13-6-10(18-8-15-16-17-18)5-11(7-13)19(20)21/h1-8H. The quantitative estimate of drug-likeness (QED) is 0.537. The summed E-state index contributed by atoms with van der Waals surface area (Å²) in [6.45, 7) is 0. The predicted molar refractivity (Wildman–Crippen MR) is 81.4 cm³/mol. The lowest BCUT2D eigenvalue weighted by Gasteiger charge is -2.05. The Bertz CT molecular complexity index is 808. The number of tetrazole rings is 1. The molecule has 7 nitrogen and oxygen atoms in total. The third-order valence-electron chi connectivity index (χ3n) is 2.75. The van der Waals surface area contributed by atoms with Crippen molar-refractivity contribution in [1.29, 1.82) is 0 Å². The molecule has 0 bridgehead atoms. The second-order valence-corrected chi connectivity index (χ2v) is 5.84. The summed E-state index contributed by atoms with van der Waals surface area (Å²) in [7, 11) is 0. The average molecular weight is 334 g/mol. The van der Waals surface area contributed by atoms with E-state index >= 15 is 0 Å². The Kier molecular flexibility index (Phi) is 4.03. The van der Waals surface area contributed by atoms with Gasteiger partial charge in [0, 0.05) is 26.9 Å². The second kappa shape index (κ2) is 6.12. The van der Waals surface area contributed by atoms with Crippen LogP contribution in [0.5, 0.6) is 0 Å². The average Bonchev–Trinajstić information content (AvgIpc) is 3.04. The Balaban J connectivity index is 1.99. The van der Waals surface area contributed by atoms with Gasteiger partial charge in [0.15, 0.2) is 0 Å². The molecule has 110 valence electrons. The number of halogens is 1. The number of nitrogens with zero attached hydrogens (tertiary/aromatic N) is 5. The van der Waals surface area contributed by atoms with Crippen LogP contribution in [0.3, 0.4) is 0 Å². The number of aromatic nitrogens is 4. The van der Waals surface area contributed by atoms with Gasteiger partial charge in [-0.15, -0.1) is 5.10 Å². The minimum Gasteiger partial charge on any atom is -0.258 e. The van der Waals surface area contributed by atoms with E-state index in [1.165, 1.54) is 34.9 Å². The van der Waals surface area contributed by atoms with Crippen LogP contribution < -0.4 is 0 Å². The summed E-state index contributed by atoms with van der Waals surface area (Å²) in [5, 5.41) is 22.6. The smallest absolute Gasteiger partial charge is 0.258 e. The summed E-state index contributed by atoms with van der Waals surface area (Å²) in [5.74, 6) is 0. The number of hydrogen-bond acceptors (Lipinski definition) is 6. The third-order valence-corrected chi connectivity index (χ3v) is 3.98. The van der Waals surface area contributed by atoms with Crippen LogP contribution in [0.15, 0.2) is 58.6 Å². The summed E-state index contributed by atoms with van der Waals surface area (Å²) < 4.78 is 1.37. The van der Waals surface area contributed by atoms with Crippen LogP contribution in [0.1, 0.15) is 0 Å². The van der Waals surface area contributed by atoms with Crippen molar-refractivity contribution in [2.75, 3.05) is 0 Å². The van der Waals surface area contributed by atoms with E-state index < -0.39 is 4.92 Å². The number of non-ortho nitro benzene ring substituents is 1. The van der Waals surface area contributed by atoms with Gasteiger partial charge in [-0.05, 0) is 40.8 Å². The largest absolute Gasteiger partial charge is 0.272 e. The van der Waals surface area contributed by atoms with Gasteiger partial charge in [-0.2, -0.15) is 0 Å². The fourth-order valence-electron chi connectivity index (χ4n) is 1.78. The van der Waals surface area contributed by atoms with Crippen LogP contribution in [0.2, 0.25) is 5.02 Å². The van der Waals surface area contributed by atoms with Gasteiger partial charge in [-0.1, -0.05) is 23.4 Å². The number of hydrogen-bond donors (Lipinski definition) is 0. The van der Waals surface area contributed by atoms with Crippen LogP contribution in [-0.2, 0) is 0 Å². The van der Waals surface area contributed by atoms with Gasteiger partial charge in [-0.25, -0.2) is 4.68 Å². The Morgan fingerprint density at radius 3 is 2.55 bits per heavy atom. The molecule has 0 unspecified atom stereocenters. The molecule has 0 spiro atoms. The Labute approximate surface area is 134 Å². The van der Waals surface area contributed by atoms with Crippen molar-refractivity contribution < 1.29 is 4.92 Å². The highest BCUT2D eigenvalue weighted by molar-refractivity contribution is 7.99. The normalized spacial score (nSPS) is 10.6. The van der Waals surface area contributed by atoms with Crippen molar-refractivity contribution in [3.63, 3.8) is 0 Å². The summed E-state index contributed by atoms with van der Waals surface area (Å²) in [6.07, 6.45) is 1.38. The maximum atomic E-state index is 11.1. The van der Waals surface area contributed by atoms with E-state index in [1.807, 2.05) is 12.1 Å². The van der Waals surface area contributed by atoms with Gasteiger partial charge in [0.25, 0.3) is 5.69 Å². The molecule has 0 aliphatic heterocycles. The van der Waals surface area contributed by atoms with E-state index in [4.69, 9.17) is 11.6 Å². The van der Waals surface area contributed by atoms with Crippen molar-refractivity contribution in [3.05, 3.63) is 63.9 Å². The Hall–Kier alpha value is -2.45. The number of rotatable bonds is 4. The molecule has 1 aromatic heterocycles. The molecule has 0 saturated carbocycles. The number of nitro benzene ring substituents is 1. The van der Waals surface area contributed by atoms with Crippen molar-refractivity contribution in [3.8, 4) is 5.69 Å². The number of benzene rings is 2. The van der Waals surface area contributed by atoms with Crippen LogP contribution in [0.25, 0.3) is 5.69 Å². The van der Waals surface area contributed by atoms with Gasteiger partial charge in [-0.3, -0.25) is 10.1 Å². The molecule has 2 aromatic carbocycles. The lowest BCUT2D eigenvalue weighted by Crippen LogP contribution is -1.97. The third kappa shape index (κ3) is 3.23. The zero-order valence-corrected chi connectivity index (χ0v) is 12.5. The predicted octanol–water partition coefficient (Wildman–Crippen LogP) is 3.38. The van der Waals surface area contributed by atoms with Crippen LogP contribution in [-0.4, -0.2) is 25.1 Å². The highest BCUT2D eigenvalue weighted by atomic mass is 35.5. The van der Waals surface area contributed by atoms with Crippen molar-refractivity contribution in [2.45, 2.75) is 9.79 Å². The molecular weight excluding hydrogens is 326 g/mol. The van der Waals surface area contributed by atoms with Gasteiger partial charge in [0.1, 0.15) is 6.33 Å². The van der Waals surface area contributed by atoms with Gasteiger partial charge < -0.3 is 0 Å². The molecule has 22 heavy (non-hydrogen) atoms. The first kappa shape index (κ1) is 14.5. The molecule has 3 rings (SSSR count). The van der Waals surface area contributed by atoms with Gasteiger partial charge in [0.05, 0.1) is 10.6 Å². The van der Waals surface area contributed by atoms with E-state index in [9.17, 15) is 10.1 Å².